The van der Waals surface area contributed by atoms with Crippen molar-refractivity contribution >= 4 is 44.7 Å². The molecule has 0 spiro atoms. The van der Waals surface area contributed by atoms with Crippen molar-refractivity contribution in [2.24, 2.45) is 9.98 Å². The summed E-state index contributed by atoms with van der Waals surface area (Å²) in [6, 6.07) is 15.2. The van der Waals surface area contributed by atoms with Crippen LogP contribution in [0.1, 0.15) is 38.2 Å². The average molecular weight is 746 g/mol. The molecule has 1 saturated heterocycles. The number of rotatable bonds is 15. The maximum Gasteiger partial charge on any atom is 0.335 e. The Balaban J connectivity index is 1.60. The van der Waals surface area contributed by atoms with E-state index in [4.69, 9.17) is 4.18 Å². The number of benzene rings is 2. The Morgan fingerprint density at radius 3 is 2.44 bits per heavy atom. The molecule has 0 aliphatic carbocycles. The number of amides is 1. The number of sulfonamides is 1. The van der Waals surface area contributed by atoms with Gasteiger partial charge in [0.25, 0.3) is 0 Å². The summed E-state index contributed by atoms with van der Waals surface area (Å²) in [5.74, 6) is -0.231. The van der Waals surface area contributed by atoms with E-state index in [9.17, 15) is 21.6 Å². The normalized spacial score (nSPS) is 19.6. The van der Waals surface area contributed by atoms with Crippen LogP contribution in [-0.2, 0) is 31.4 Å². The molecular weight excluding hydrogens is 699 g/mol. The monoisotopic (exact) mass is 745 g/mol. The van der Waals surface area contributed by atoms with E-state index in [2.05, 4.69) is 21.6 Å². The Morgan fingerprint density at radius 2 is 1.75 bits per heavy atom. The number of nitrogens with zero attached hydrogens (tertiary/aromatic N) is 5. The minimum atomic E-state index is -4.13. The summed E-state index contributed by atoms with van der Waals surface area (Å²) >= 11 is 0. The Morgan fingerprint density at radius 1 is 1.02 bits per heavy atom. The third-order valence-electron chi connectivity index (χ3n) is 8.49. The highest BCUT2D eigenvalue weighted by Crippen LogP contribution is 2.26. The highest BCUT2D eigenvalue weighted by Gasteiger charge is 2.37. The zero-order chi connectivity index (χ0) is 37.4. The summed E-state index contributed by atoms with van der Waals surface area (Å²) in [5.41, 5.74) is 1.69. The number of carbonyl (C=O) groups is 1. The van der Waals surface area contributed by atoms with E-state index in [0.29, 0.717) is 38.2 Å². The van der Waals surface area contributed by atoms with Gasteiger partial charge in [0.15, 0.2) is 0 Å². The summed E-state index contributed by atoms with van der Waals surface area (Å²) in [4.78, 5) is 26.2. The summed E-state index contributed by atoms with van der Waals surface area (Å²) in [6.07, 6.45) is 19.5. The molecule has 2 aliphatic rings. The fourth-order valence-corrected chi connectivity index (χ4v) is 8.02. The first-order chi connectivity index (χ1) is 25.1. The maximum atomic E-state index is 14.3. The van der Waals surface area contributed by atoms with E-state index in [1.807, 2.05) is 43.3 Å². The van der Waals surface area contributed by atoms with Gasteiger partial charge in [-0.05, 0) is 61.5 Å². The highest BCUT2D eigenvalue weighted by atomic mass is 32.2. The molecule has 2 aromatic carbocycles. The van der Waals surface area contributed by atoms with E-state index >= 15 is 0 Å². The second-order valence-electron chi connectivity index (χ2n) is 12.0. The molecule has 11 nitrogen and oxygen atoms in total. The van der Waals surface area contributed by atoms with Gasteiger partial charge in [-0.15, -0.1) is 0 Å². The zero-order valence-corrected chi connectivity index (χ0v) is 31.3. The number of piperazine rings is 1. The number of carbonyl (C=O) groups excluding carboxylic acids is 1. The smallest absolute Gasteiger partial charge is 0.335 e. The third kappa shape index (κ3) is 11.3. The summed E-state index contributed by atoms with van der Waals surface area (Å²) < 4.78 is 61.3. The number of aliphatic imine (C=N–C) groups is 2. The van der Waals surface area contributed by atoms with Crippen molar-refractivity contribution in [1.82, 2.24) is 9.21 Å². The van der Waals surface area contributed by atoms with Gasteiger partial charge in [-0.2, -0.15) is 12.7 Å². The number of hydrogen-bond acceptors (Lipinski definition) is 9. The van der Waals surface area contributed by atoms with E-state index in [1.165, 1.54) is 31.5 Å². The number of para-hydroxylation sites is 1. The Bertz CT molecular complexity index is 1940. The first kappa shape index (κ1) is 39.9. The SMILES string of the molecule is C=N/C=C\C/C(=C\C=C/CC)S(=O)(=O)N(C)[C@@H](Cc1ccc(OS(=O)(=O)/C2=C/C=C\C/C=N\C=C/C2)cc1)C(=O)N1CCN(c2ccccc2)CC1. The molecule has 1 fully saturated rings. The lowest BCUT2D eigenvalue weighted by molar-refractivity contribution is -0.135. The van der Waals surface area contributed by atoms with Crippen LogP contribution in [0.15, 0.2) is 135 Å². The first-order valence-corrected chi connectivity index (χ1v) is 20.0. The zero-order valence-electron chi connectivity index (χ0n) is 29.7. The lowest BCUT2D eigenvalue weighted by atomic mass is 10.0. The van der Waals surface area contributed by atoms with Gasteiger partial charge < -0.3 is 14.0 Å². The van der Waals surface area contributed by atoms with Gasteiger partial charge in [-0.3, -0.25) is 14.8 Å². The molecule has 13 heteroatoms. The molecule has 0 bridgehead atoms. The van der Waals surface area contributed by atoms with Gasteiger partial charge in [-0.1, -0.05) is 73.7 Å². The van der Waals surface area contributed by atoms with Crippen molar-refractivity contribution in [3.63, 3.8) is 0 Å². The van der Waals surface area contributed by atoms with Crippen molar-refractivity contribution in [1.29, 1.82) is 0 Å². The lowest BCUT2D eigenvalue weighted by Gasteiger charge is -2.39. The molecule has 0 unspecified atom stereocenters. The van der Waals surface area contributed by atoms with Gasteiger partial charge in [-0.25, -0.2) is 8.42 Å². The van der Waals surface area contributed by atoms with Gasteiger partial charge in [0.2, 0.25) is 15.9 Å². The predicted octanol–water partition coefficient (Wildman–Crippen LogP) is 6.19. The van der Waals surface area contributed by atoms with Crippen LogP contribution in [0.3, 0.4) is 0 Å². The topological polar surface area (TPSA) is 129 Å². The van der Waals surface area contributed by atoms with Crippen LogP contribution >= 0.6 is 0 Å². The highest BCUT2D eigenvalue weighted by molar-refractivity contribution is 7.93. The number of hydrogen-bond donors (Lipinski definition) is 0. The van der Waals surface area contributed by atoms with Crippen molar-refractivity contribution < 1.29 is 25.8 Å². The molecule has 0 N–H and O–H groups in total. The standard InChI is InChI=1S/C39H47N5O6S2/c1-4-5-8-17-36(19-13-25-40-2)51(46,47)42(3)38(39(45)44-30-28-43(29-31-44)34-15-9-6-10-16-34)32-33-21-23-35(24-22-33)50-52(48,49)37-18-11-7-12-26-41-27-14-20-37/h5-11,13-18,21-27,38H,2,4,12,19-20,28-32H2,1,3H3/b8-5-,11-7-,25-13-,27-14-,36-17+,37-18+,41-26-/t38-/m0/s1. The van der Waals surface area contributed by atoms with E-state index < -0.39 is 26.2 Å². The van der Waals surface area contributed by atoms with Crippen LogP contribution in [0, 0.1) is 0 Å². The van der Waals surface area contributed by atoms with Gasteiger partial charge in [0.05, 0.1) is 9.81 Å². The average Bonchev–Trinajstić information content (AvgIpc) is 3.15. The molecule has 2 heterocycles. The summed E-state index contributed by atoms with van der Waals surface area (Å²) in [5, 5.41) is 0. The fourth-order valence-electron chi connectivity index (χ4n) is 5.58. The Kier molecular flexibility index (Phi) is 15.1. The van der Waals surface area contributed by atoms with Crippen LogP contribution in [0.2, 0.25) is 0 Å². The molecule has 0 saturated carbocycles. The summed E-state index contributed by atoms with van der Waals surface area (Å²) in [6.45, 7) is 7.42. The third-order valence-corrected chi connectivity index (χ3v) is 11.8. The maximum absolute atomic E-state index is 14.3. The lowest BCUT2D eigenvalue weighted by Crippen LogP contribution is -2.56. The molecular formula is C39H47N5O6S2. The van der Waals surface area contributed by atoms with Crippen LogP contribution in [0.25, 0.3) is 0 Å². The van der Waals surface area contributed by atoms with Crippen LogP contribution in [0.4, 0.5) is 5.69 Å². The summed E-state index contributed by atoms with van der Waals surface area (Å²) in [7, 11) is -6.83. The van der Waals surface area contributed by atoms with Gasteiger partial charge >= 0.3 is 10.1 Å². The molecule has 2 aromatic rings. The molecule has 52 heavy (non-hydrogen) atoms. The number of likely N-dealkylation sites (N-methyl/N-ethyl adjacent to an activating group) is 1. The number of allylic oxidation sites excluding steroid dienone is 10. The van der Waals surface area contributed by atoms with Gasteiger partial charge in [0, 0.05) is 76.8 Å². The van der Waals surface area contributed by atoms with Crippen molar-refractivity contribution in [2.75, 3.05) is 38.1 Å². The van der Waals surface area contributed by atoms with Crippen LogP contribution < -0.4 is 9.08 Å². The first-order valence-electron chi connectivity index (χ1n) is 17.2. The quantitative estimate of drug-likeness (QED) is 0.121. The molecule has 4 rings (SSSR count). The van der Waals surface area contributed by atoms with Crippen LogP contribution in [0.5, 0.6) is 5.75 Å². The van der Waals surface area contributed by atoms with Crippen molar-refractivity contribution in [3.8, 4) is 5.75 Å². The fraction of sp³-hybridized carbons (Fsp3) is 0.308. The number of anilines is 1. The van der Waals surface area contributed by atoms with Crippen LogP contribution in [-0.4, -0.2) is 84.1 Å². The molecule has 0 aromatic heterocycles. The molecule has 0 radical (unpaired) electrons. The largest absolute Gasteiger partial charge is 0.379 e. The second kappa shape index (κ2) is 19.7. The molecule has 2 aliphatic heterocycles. The van der Waals surface area contributed by atoms with Crippen molar-refractivity contribution in [2.45, 2.75) is 45.1 Å². The van der Waals surface area contributed by atoms with E-state index in [1.54, 1.807) is 65.9 Å². The Labute approximate surface area is 308 Å². The van der Waals surface area contributed by atoms with E-state index in [0.717, 1.165) is 16.4 Å². The van der Waals surface area contributed by atoms with Crippen molar-refractivity contribution in [3.05, 3.63) is 131 Å². The second-order valence-corrected chi connectivity index (χ2v) is 15.7. The van der Waals surface area contributed by atoms with E-state index in [-0.39, 0.29) is 40.7 Å². The minimum absolute atomic E-state index is 0.0455. The molecule has 276 valence electrons. The minimum Gasteiger partial charge on any atom is -0.379 e. The predicted molar refractivity (Wildman–Crippen MR) is 210 cm³/mol. The molecule has 1 amide bonds. The Hall–Kier alpha value is -4.85. The molecule has 1 atom stereocenters. The van der Waals surface area contributed by atoms with Gasteiger partial charge in [0.1, 0.15) is 11.8 Å².